The molecule has 1 saturated heterocycles. The maximum Gasteiger partial charge on any atom is 0.0594 e. The molecule has 0 N–H and O–H groups in total. The van der Waals surface area contributed by atoms with Crippen LogP contribution >= 0.6 is 0 Å². The molecule has 1 aliphatic heterocycles. The number of ether oxygens (including phenoxy) is 1. The van der Waals surface area contributed by atoms with Gasteiger partial charge in [-0.15, -0.1) is 0 Å². The molecule has 1 unspecified atom stereocenters. The predicted molar refractivity (Wildman–Crippen MR) is 96.5 cm³/mol. The Labute approximate surface area is 139 Å². The van der Waals surface area contributed by atoms with Crippen LogP contribution in [-0.2, 0) is 11.3 Å². The normalized spacial score (nSPS) is 23.4. The second-order valence-corrected chi connectivity index (χ2v) is 6.33. The van der Waals surface area contributed by atoms with E-state index < -0.39 is 0 Å². The lowest BCUT2D eigenvalue weighted by atomic mass is 9.97. The Hall–Kier alpha value is -1.84. The van der Waals surface area contributed by atoms with Gasteiger partial charge in [0.25, 0.3) is 0 Å². The molecule has 0 bridgehead atoms. The van der Waals surface area contributed by atoms with Gasteiger partial charge in [0, 0.05) is 44.5 Å². The number of anilines is 1. The number of allylic oxidation sites excluding steroid dienone is 5. The largest absolute Gasteiger partial charge is 0.379 e. The summed E-state index contributed by atoms with van der Waals surface area (Å²) >= 11 is 0. The first kappa shape index (κ1) is 16.0. The van der Waals surface area contributed by atoms with Crippen molar-refractivity contribution in [2.24, 2.45) is 5.92 Å². The summed E-state index contributed by atoms with van der Waals surface area (Å²) in [6.07, 6.45) is 10.9. The zero-order valence-corrected chi connectivity index (χ0v) is 14.1. The topological polar surface area (TPSA) is 15.7 Å². The van der Waals surface area contributed by atoms with E-state index in [2.05, 4.69) is 78.5 Å². The highest BCUT2D eigenvalue weighted by Gasteiger charge is 2.11. The average molecular weight is 310 g/mol. The van der Waals surface area contributed by atoms with Crippen LogP contribution in [0.1, 0.15) is 12.5 Å². The molecule has 0 aromatic heterocycles. The van der Waals surface area contributed by atoms with Crippen LogP contribution in [0.25, 0.3) is 0 Å². The van der Waals surface area contributed by atoms with Crippen molar-refractivity contribution >= 4 is 5.69 Å². The maximum atomic E-state index is 5.40. The second-order valence-electron chi connectivity index (χ2n) is 6.33. The Morgan fingerprint density at radius 2 is 1.91 bits per heavy atom. The molecule has 1 aliphatic carbocycles. The Bertz CT molecular complexity index is 595. The zero-order chi connectivity index (χ0) is 16.1. The molecular weight excluding hydrogens is 284 g/mol. The molecule has 1 heterocycles. The lowest BCUT2D eigenvalue weighted by molar-refractivity contribution is 0.0342. The third kappa shape index (κ3) is 4.34. The Morgan fingerprint density at radius 3 is 2.61 bits per heavy atom. The van der Waals surface area contributed by atoms with E-state index in [9.17, 15) is 0 Å². The van der Waals surface area contributed by atoms with Gasteiger partial charge in [-0.3, -0.25) is 4.90 Å². The van der Waals surface area contributed by atoms with Gasteiger partial charge in [0.05, 0.1) is 13.2 Å². The van der Waals surface area contributed by atoms with Gasteiger partial charge in [0.15, 0.2) is 0 Å². The van der Waals surface area contributed by atoms with Gasteiger partial charge < -0.3 is 9.64 Å². The molecule has 0 radical (unpaired) electrons. The van der Waals surface area contributed by atoms with Crippen molar-refractivity contribution in [3.05, 3.63) is 65.9 Å². The van der Waals surface area contributed by atoms with Gasteiger partial charge in [-0.2, -0.15) is 0 Å². The van der Waals surface area contributed by atoms with Crippen molar-refractivity contribution in [1.29, 1.82) is 0 Å². The van der Waals surface area contributed by atoms with Crippen LogP contribution < -0.4 is 4.90 Å². The van der Waals surface area contributed by atoms with Crippen LogP contribution in [0.5, 0.6) is 0 Å². The first-order valence-corrected chi connectivity index (χ1v) is 8.41. The first-order chi connectivity index (χ1) is 11.2. The van der Waals surface area contributed by atoms with Gasteiger partial charge in [-0.25, -0.2) is 0 Å². The van der Waals surface area contributed by atoms with Gasteiger partial charge >= 0.3 is 0 Å². The molecule has 2 aliphatic rings. The van der Waals surface area contributed by atoms with Crippen molar-refractivity contribution in [2.75, 3.05) is 38.3 Å². The van der Waals surface area contributed by atoms with Crippen LogP contribution in [-0.4, -0.2) is 38.3 Å². The SMILES string of the molecule is CC1C=CC=CC1=CN(C)c1ccc(CN2CCOCC2)cc1. The molecule has 0 saturated carbocycles. The minimum Gasteiger partial charge on any atom is -0.379 e. The Kier molecular flexibility index (Phi) is 5.31. The van der Waals surface area contributed by atoms with Crippen LogP contribution in [0.4, 0.5) is 5.69 Å². The molecule has 1 fully saturated rings. The summed E-state index contributed by atoms with van der Waals surface area (Å²) in [5, 5.41) is 0. The minimum absolute atomic E-state index is 0.475. The molecule has 1 atom stereocenters. The lowest BCUT2D eigenvalue weighted by Crippen LogP contribution is -2.35. The van der Waals surface area contributed by atoms with Crippen molar-refractivity contribution < 1.29 is 4.74 Å². The maximum absolute atomic E-state index is 5.40. The zero-order valence-electron chi connectivity index (χ0n) is 14.1. The Morgan fingerprint density at radius 1 is 1.17 bits per heavy atom. The lowest BCUT2D eigenvalue weighted by Gasteiger charge is -2.26. The van der Waals surface area contributed by atoms with E-state index in [4.69, 9.17) is 4.74 Å². The standard InChI is InChI=1S/C20H26N2O/c1-17-5-3-4-6-19(17)16-21(2)20-9-7-18(8-10-20)15-22-11-13-23-14-12-22/h3-10,16-17H,11-15H2,1-2H3. The molecule has 3 heteroatoms. The predicted octanol–water partition coefficient (Wildman–Crippen LogP) is 3.60. The van der Waals surface area contributed by atoms with Crippen molar-refractivity contribution in [3.8, 4) is 0 Å². The minimum atomic E-state index is 0.475. The molecule has 122 valence electrons. The summed E-state index contributed by atoms with van der Waals surface area (Å²) in [6, 6.07) is 8.89. The highest BCUT2D eigenvalue weighted by atomic mass is 16.5. The third-order valence-electron chi connectivity index (χ3n) is 4.52. The first-order valence-electron chi connectivity index (χ1n) is 8.41. The van der Waals surface area contributed by atoms with Crippen molar-refractivity contribution in [1.82, 2.24) is 4.90 Å². The fourth-order valence-corrected chi connectivity index (χ4v) is 2.97. The third-order valence-corrected chi connectivity index (χ3v) is 4.52. The molecule has 0 spiro atoms. The number of hydrogen-bond acceptors (Lipinski definition) is 3. The number of nitrogens with zero attached hydrogens (tertiary/aromatic N) is 2. The molecule has 23 heavy (non-hydrogen) atoms. The highest BCUT2D eigenvalue weighted by molar-refractivity contribution is 5.51. The van der Waals surface area contributed by atoms with Gasteiger partial charge in [-0.1, -0.05) is 43.4 Å². The molecule has 0 amide bonds. The number of rotatable bonds is 4. The van der Waals surface area contributed by atoms with E-state index in [-0.39, 0.29) is 0 Å². The molecular formula is C20H26N2O. The summed E-state index contributed by atoms with van der Waals surface area (Å²) in [5.74, 6) is 0.475. The number of hydrogen-bond donors (Lipinski definition) is 0. The van der Waals surface area contributed by atoms with Crippen molar-refractivity contribution in [3.63, 3.8) is 0 Å². The van der Waals surface area contributed by atoms with E-state index in [0.717, 1.165) is 32.8 Å². The van der Waals surface area contributed by atoms with E-state index in [0.29, 0.717) is 5.92 Å². The number of benzene rings is 1. The van der Waals surface area contributed by atoms with E-state index in [1.165, 1.54) is 16.8 Å². The Balaban J connectivity index is 1.63. The second kappa shape index (κ2) is 7.62. The fourth-order valence-electron chi connectivity index (χ4n) is 2.97. The van der Waals surface area contributed by atoms with Crippen LogP contribution in [0.2, 0.25) is 0 Å². The highest BCUT2D eigenvalue weighted by Crippen LogP contribution is 2.21. The summed E-state index contributed by atoms with van der Waals surface area (Å²) in [4.78, 5) is 4.65. The quantitative estimate of drug-likeness (QED) is 0.845. The van der Waals surface area contributed by atoms with E-state index in [1.54, 1.807) is 0 Å². The number of morpholine rings is 1. The molecule has 1 aromatic rings. The van der Waals surface area contributed by atoms with Gasteiger partial charge in [-0.05, 0) is 23.3 Å². The van der Waals surface area contributed by atoms with E-state index >= 15 is 0 Å². The van der Waals surface area contributed by atoms with Gasteiger partial charge in [0.1, 0.15) is 0 Å². The van der Waals surface area contributed by atoms with Crippen molar-refractivity contribution in [2.45, 2.75) is 13.5 Å². The average Bonchev–Trinajstić information content (AvgIpc) is 2.58. The monoisotopic (exact) mass is 310 g/mol. The van der Waals surface area contributed by atoms with Crippen LogP contribution in [0, 0.1) is 5.92 Å². The fraction of sp³-hybridized carbons (Fsp3) is 0.400. The summed E-state index contributed by atoms with van der Waals surface area (Å²) < 4.78 is 5.40. The summed E-state index contributed by atoms with van der Waals surface area (Å²) in [5.41, 5.74) is 3.93. The summed E-state index contributed by atoms with van der Waals surface area (Å²) in [7, 11) is 2.11. The van der Waals surface area contributed by atoms with Gasteiger partial charge in [0.2, 0.25) is 0 Å². The summed E-state index contributed by atoms with van der Waals surface area (Å²) in [6.45, 7) is 7.02. The van der Waals surface area contributed by atoms with Crippen LogP contribution in [0.3, 0.4) is 0 Å². The smallest absolute Gasteiger partial charge is 0.0594 e. The molecule has 3 rings (SSSR count). The van der Waals surface area contributed by atoms with Crippen LogP contribution in [0.15, 0.2) is 60.3 Å². The molecule has 3 nitrogen and oxygen atoms in total. The molecule has 1 aromatic carbocycles. The van der Waals surface area contributed by atoms with E-state index in [1.807, 2.05) is 0 Å².